The molecule has 1 amide bonds. The number of methoxy groups -OCH3 is 1. The molecule has 6 nitrogen and oxygen atoms in total. The highest BCUT2D eigenvalue weighted by Gasteiger charge is 2.64. The number of Topliss-reactive ketones (excluding diaryl/α,β-unsaturated/α-hetero) is 1. The second-order valence-electron chi connectivity index (χ2n) is 8.23. The summed E-state index contributed by atoms with van der Waals surface area (Å²) >= 11 is 0. The number of hydrogen-bond donors (Lipinski definition) is 1. The topological polar surface area (TPSA) is 71.5 Å². The standard InChI is InChI=1S/C25H22FN3O3/c1-29-14-18(15-6-8-16(26)9-7-15)22(23(30)21-5-3-4-12-27-21)25(29)19-13-17(32-2)10-11-20(19)28-24(25)31/h3-13,18,22H,14H2,1-2H3,(H,28,31)/t18-,22-,25-/m1/s1. The van der Waals surface area contributed by atoms with E-state index in [1.807, 2.05) is 18.0 Å². The third kappa shape index (κ3) is 2.85. The van der Waals surface area contributed by atoms with E-state index in [2.05, 4.69) is 10.3 Å². The van der Waals surface area contributed by atoms with Crippen LogP contribution in [0.5, 0.6) is 5.75 Å². The zero-order valence-corrected chi connectivity index (χ0v) is 17.7. The average molecular weight is 431 g/mol. The van der Waals surface area contributed by atoms with Crippen LogP contribution in [0.25, 0.3) is 0 Å². The van der Waals surface area contributed by atoms with Crippen LogP contribution < -0.4 is 10.1 Å². The van der Waals surface area contributed by atoms with Gasteiger partial charge in [-0.05, 0) is 55.1 Å². The molecule has 3 atom stereocenters. The molecule has 1 aromatic heterocycles. The fourth-order valence-electron chi connectivity index (χ4n) is 5.22. The van der Waals surface area contributed by atoms with Crippen molar-refractivity contribution in [2.24, 2.45) is 5.92 Å². The highest BCUT2D eigenvalue weighted by Crippen LogP contribution is 2.56. The monoisotopic (exact) mass is 431 g/mol. The van der Waals surface area contributed by atoms with Gasteiger partial charge in [-0.1, -0.05) is 18.2 Å². The first-order valence-electron chi connectivity index (χ1n) is 10.4. The van der Waals surface area contributed by atoms with Crippen LogP contribution in [0.2, 0.25) is 0 Å². The molecule has 162 valence electrons. The minimum atomic E-state index is -1.24. The molecule has 3 aromatic rings. The number of nitrogens with one attached hydrogen (secondary N) is 1. The molecule has 1 N–H and O–H groups in total. The van der Waals surface area contributed by atoms with Gasteiger partial charge < -0.3 is 10.1 Å². The molecule has 1 fully saturated rings. The molecule has 2 aliphatic rings. The SMILES string of the molecule is COc1ccc2c(c1)[C@]1(C(=O)N2)[C@@H](C(=O)c2ccccn2)[C@@H](c2ccc(F)cc2)CN1C. The maximum atomic E-state index is 13.9. The van der Waals surface area contributed by atoms with E-state index in [0.717, 1.165) is 5.56 Å². The number of fused-ring (bicyclic) bond motifs is 2. The summed E-state index contributed by atoms with van der Waals surface area (Å²) in [6.07, 6.45) is 1.57. The van der Waals surface area contributed by atoms with Crippen molar-refractivity contribution >= 4 is 17.4 Å². The van der Waals surface area contributed by atoms with Gasteiger partial charge >= 0.3 is 0 Å². The maximum Gasteiger partial charge on any atom is 0.250 e. The summed E-state index contributed by atoms with van der Waals surface area (Å²) < 4.78 is 19.1. The van der Waals surface area contributed by atoms with Gasteiger partial charge in [-0.2, -0.15) is 0 Å². The number of likely N-dealkylation sites (tertiary alicyclic amines) is 1. The number of benzene rings is 2. The van der Waals surface area contributed by atoms with Gasteiger partial charge in [-0.15, -0.1) is 0 Å². The Labute approximate surface area is 185 Å². The Balaban J connectivity index is 1.74. The Morgan fingerprint density at radius 2 is 1.97 bits per heavy atom. The number of aromatic nitrogens is 1. The molecule has 0 unspecified atom stereocenters. The normalized spacial score (nSPS) is 24.4. The van der Waals surface area contributed by atoms with Crippen LogP contribution in [0.4, 0.5) is 10.1 Å². The van der Waals surface area contributed by atoms with E-state index in [9.17, 15) is 14.0 Å². The molecule has 32 heavy (non-hydrogen) atoms. The Morgan fingerprint density at radius 1 is 1.19 bits per heavy atom. The van der Waals surface area contributed by atoms with E-state index in [-0.39, 0.29) is 23.4 Å². The number of carbonyl (C=O) groups excluding carboxylic acids is 2. The first-order valence-corrected chi connectivity index (χ1v) is 10.4. The van der Waals surface area contributed by atoms with Crippen molar-refractivity contribution in [2.45, 2.75) is 11.5 Å². The number of amides is 1. The van der Waals surface area contributed by atoms with E-state index in [0.29, 0.717) is 29.2 Å². The summed E-state index contributed by atoms with van der Waals surface area (Å²) in [4.78, 5) is 33.8. The van der Waals surface area contributed by atoms with Crippen molar-refractivity contribution in [1.82, 2.24) is 9.88 Å². The van der Waals surface area contributed by atoms with Gasteiger partial charge in [-0.3, -0.25) is 19.5 Å². The van der Waals surface area contributed by atoms with Crippen LogP contribution >= 0.6 is 0 Å². The molecule has 0 saturated carbocycles. The van der Waals surface area contributed by atoms with Crippen molar-refractivity contribution in [1.29, 1.82) is 0 Å². The predicted molar refractivity (Wildman–Crippen MR) is 117 cm³/mol. The highest BCUT2D eigenvalue weighted by atomic mass is 19.1. The second kappa shape index (κ2) is 7.53. The third-order valence-corrected chi connectivity index (χ3v) is 6.65. The van der Waals surface area contributed by atoms with E-state index < -0.39 is 11.5 Å². The minimum absolute atomic E-state index is 0.227. The molecular formula is C25H22FN3O3. The zero-order chi connectivity index (χ0) is 22.5. The number of ketones is 1. The molecule has 0 radical (unpaired) electrons. The average Bonchev–Trinajstić information content (AvgIpc) is 3.29. The summed E-state index contributed by atoms with van der Waals surface area (Å²) in [6, 6.07) is 16.7. The van der Waals surface area contributed by atoms with Crippen molar-refractivity contribution in [3.05, 3.63) is 89.5 Å². The number of anilines is 1. The molecule has 1 spiro atoms. The van der Waals surface area contributed by atoms with Gasteiger partial charge in [-0.25, -0.2) is 4.39 Å². The molecule has 2 aliphatic heterocycles. The van der Waals surface area contributed by atoms with Crippen LogP contribution in [-0.4, -0.2) is 42.3 Å². The van der Waals surface area contributed by atoms with Crippen LogP contribution in [0.15, 0.2) is 66.9 Å². The summed E-state index contributed by atoms with van der Waals surface area (Å²) in [5, 5.41) is 2.96. The first-order chi connectivity index (χ1) is 15.5. The number of likely N-dealkylation sites (N-methyl/N-ethyl adjacent to an activating group) is 1. The molecular weight excluding hydrogens is 409 g/mol. The summed E-state index contributed by atoms with van der Waals surface area (Å²) in [5.74, 6) is -1.34. The van der Waals surface area contributed by atoms with Crippen molar-refractivity contribution < 1.29 is 18.7 Å². The Hall–Kier alpha value is -3.58. The van der Waals surface area contributed by atoms with Crippen LogP contribution in [0, 0.1) is 11.7 Å². The van der Waals surface area contributed by atoms with Gasteiger partial charge in [0.25, 0.3) is 0 Å². The Morgan fingerprint density at radius 3 is 2.66 bits per heavy atom. The quantitative estimate of drug-likeness (QED) is 0.639. The van der Waals surface area contributed by atoms with Gasteiger partial charge in [0.1, 0.15) is 22.8 Å². The number of ether oxygens (including phenoxy) is 1. The fourth-order valence-corrected chi connectivity index (χ4v) is 5.22. The summed E-state index contributed by atoms with van der Waals surface area (Å²) in [6.45, 7) is 0.443. The lowest BCUT2D eigenvalue weighted by molar-refractivity contribution is -0.126. The second-order valence-corrected chi connectivity index (χ2v) is 8.23. The molecule has 0 aliphatic carbocycles. The van der Waals surface area contributed by atoms with E-state index in [1.54, 1.807) is 55.8 Å². The molecule has 1 saturated heterocycles. The molecule has 3 heterocycles. The summed E-state index contributed by atoms with van der Waals surface area (Å²) in [5.41, 5.74) is 1.21. The molecule has 2 aromatic carbocycles. The predicted octanol–water partition coefficient (Wildman–Crippen LogP) is 3.61. The van der Waals surface area contributed by atoms with Crippen LogP contribution in [0.1, 0.15) is 27.5 Å². The number of carbonyl (C=O) groups is 2. The van der Waals surface area contributed by atoms with E-state index >= 15 is 0 Å². The minimum Gasteiger partial charge on any atom is -0.497 e. The lowest BCUT2D eigenvalue weighted by atomic mass is 9.71. The number of rotatable bonds is 4. The lowest BCUT2D eigenvalue weighted by Crippen LogP contribution is -2.51. The van der Waals surface area contributed by atoms with Crippen molar-refractivity contribution in [2.75, 3.05) is 26.0 Å². The Bertz CT molecular complexity index is 1200. The largest absolute Gasteiger partial charge is 0.497 e. The molecule has 7 heteroatoms. The van der Waals surface area contributed by atoms with Gasteiger partial charge in [0.15, 0.2) is 5.78 Å². The smallest absolute Gasteiger partial charge is 0.250 e. The first kappa shape index (κ1) is 20.3. The van der Waals surface area contributed by atoms with Crippen molar-refractivity contribution in [3.8, 4) is 5.75 Å². The van der Waals surface area contributed by atoms with Gasteiger partial charge in [0, 0.05) is 29.9 Å². The lowest BCUT2D eigenvalue weighted by Gasteiger charge is -2.35. The fraction of sp³-hybridized carbons (Fsp3) is 0.240. The van der Waals surface area contributed by atoms with Gasteiger partial charge in [0.2, 0.25) is 5.91 Å². The highest BCUT2D eigenvalue weighted by molar-refractivity contribution is 6.12. The van der Waals surface area contributed by atoms with E-state index in [1.165, 1.54) is 12.1 Å². The van der Waals surface area contributed by atoms with Crippen LogP contribution in [0.3, 0.4) is 0 Å². The van der Waals surface area contributed by atoms with Gasteiger partial charge in [0.05, 0.1) is 13.0 Å². The van der Waals surface area contributed by atoms with Crippen molar-refractivity contribution in [3.63, 3.8) is 0 Å². The Kier molecular flexibility index (Phi) is 4.78. The molecule has 0 bridgehead atoms. The van der Waals surface area contributed by atoms with E-state index in [4.69, 9.17) is 4.74 Å². The number of nitrogens with zero attached hydrogens (tertiary/aromatic N) is 2. The summed E-state index contributed by atoms with van der Waals surface area (Å²) in [7, 11) is 3.41. The number of pyridine rings is 1. The number of halogens is 1. The maximum absolute atomic E-state index is 13.9. The number of hydrogen-bond acceptors (Lipinski definition) is 5. The zero-order valence-electron chi connectivity index (χ0n) is 17.7. The third-order valence-electron chi connectivity index (χ3n) is 6.65. The van der Waals surface area contributed by atoms with Crippen LogP contribution in [-0.2, 0) is 10.3 Å². The molecule has 5 rings (SSSR count).